The largest absolute Gasteiger partial charge is 0.381 e. The molecule has 0 saturated carbocycles. The fraction of sp³-hybridized carbons (Fsp3) is 0.310. The van der Waals surface area contributed by atoms with Crippen molar-refractivity contribution in [1.29, 1.82) is 0 Å². The van der Waals surface area contributed by atoms with Crippen LogP contribution in [0, 0.1) is 11.7 Å². The summed E-state index contributed by atoms with van der Waals surface area (Å²) in [5.41, 5.74) is 8.19. The lowest BCUT2D eigenvalue weighted by Gasteiger charge is -2.38. The molecule has 0 unspecified atom stereocenters. The van der Waals surface area contributed by atoms with Crippen LogP contribution in [0.5, 0.6) is 0 Å². The second kappa shape index (κ2) is 10.9. The predicted octanol–water partition coefficient (Wildman–Crippen LogP) is 3.48. The first-order valence-electron chi connectivity index (χ1n) is 13.4. The Morgan fingerprint density at radius 2 is 1.80 bits per heavy atom. The third-order valence-electron chi connectivity index (χ3n) is 7.56. The van der Waals surface area contributed by atoms with Crippen LogP contribution in [0.1, 0.15) is 23.2 Å². The molecule has 4 heterocycles. The molecule has 2 aliphatic rings. The zero-order valence-corrected chi connectivity index (χ0v) is 21.9. The number of hydrogen-bond acceptors (Lipinski definition) is 7. The highest BCUT2D eigenvalue weighted by Crippen LogP contribution is 2.27. The second-order valence-electron chi connectivity index (χ2n) is 10.0. The summed E-state index contributed by atoms with van der Waals surface area (Å²) in [4.78, 5) is 37.6. The lowest BCUT2D eigenvalue weighted by atomic mass is 9.98. The number of ether oxygens (including phenoxy) is 1. The van der Waals surface area contributed by atoms with E-state index in [1.54, 1.807) is 24.3 Å². The van der Waals surface area contributed by atoms with Gasteiger partial charge < -0.3 is 25.6 Å². The number of rotatable bonds is 6. The van der Waals surface area contributed by atoms with Gasteiger partial charge in [0.15, 0.2) is 11.6 Å². The number of halogens is 1. The molecule has 2 fully saturated rings. The maximum absolute atomic E-state index is 14.9. The molecule has 2 saturated heterocycles. The Bertz CT molecular complexity index is 1560. The summed E-state index contributed by atoms with van der Waals surface area (Å²) in [5, 5.41) is 3.79. The van der Waals surface area contributed by atoms with E-state index in [1.807, 2.05) is 29.2 Å². The van der Waals surface area contributed by atoms with E-state index in [0.29, 0.717) is 37.2 Å². The molecule has 2 aromatic carbocycles. The summed E-state index contributed by atoms with van der Waals surface area (Å²) in [6.07, 6.45) is 4.19. The van der Waals surface area contributed by atoms with Gasteiger partial charge in [-0.05, 0) is 37.1 Å². The molecule has 2 aromatic heterocycles. The number of benzene rings is 2. The van der Waals surface area contributed by atoms with Crippen molar-refractivity contribution in [1.82, 2.24) is 19.4 Å². The summed E-state index contributed by atoms with van der Waals surface area (Å²) < 4.78 is 21.8. The van der Waals surface area contributed by atoms with Gasteiger partial charge in [-0.15, -0.1) is 0 Å². The number of nitrogens with zero attached hydrogens (tertiary/aromatic N) is 5. The van der Waals surface area contributed by atoms with Gasteiger partial charge in [0.1, 0.15) is 0 Å². The fourth-order valence-electron chi connectivity index (χ4n) is 5.44. The molecule has 2 amide bonds. The third-order valence-corrected chi connectivity index (χ3v) is 7.56. The number of fused-ring (bicyclic) bond motifs is 1. The normalized spacial score (nSPS) is 16.3. The highest BCUT2D eigenvalue weighted by molar-refractivity contribution is 6.06. The molecule has 0 atom stereocenters. The van der Waals surface area contributed by atoms with Gasteiger partial charge in [-0.1, -0.05) is 24.3 Å². The number of nitrogens with one attached hydrogen (secondary N) is 1. The average molecular weight is 544 g/mol. The van der Waals surface area contributed by atoms with E-state index in [-0.39, 0.29) is 29.2 Å². The molecule has 3 N–H and O–H groups in total. The van der Waals surface area contributed by atoms with Crippen LogP contribution < -0.4 is 16.0 Å². The molecule has 6 rings (SSSR count). The number of primary amides is 1. The van der Waals surface area contributed by atoms with Crippen LogP contribution >= 0.6 is 0 Å². The molecule has 10 nitrogen and oxygen atoms in total. The summed E-state index contributed by atoms with van der Waals surface area (Å²) in [6.45, 7) is 4.14. The lowest BCUT2D eigenvalue weighted by molar-refractivity contribution is -0.138. The van der Waals surface area contributed by atoms with E-state index in [4.69, 9.17) is 10.5 Å². The number of anilines is 3. The van der Waals surface area contributed by atoms with Gasteiger partial charge in [-0.2, -0.15) is 4.98 Å². The molecular weight excluding hydrogens is 513 g/mol. The van der Waals surface area contributed by atoms with Crippen molar-refractivity contribution in [2.45, 2.75) is 12.8 Å². The monoisotopic (exact) mass is 543 g/mol. The van der Waals surface area contributed by atoms with Crippen LogP contribution in [0.2, 0.25) is 0 Å². The molecule has 11 heteroatoms. The smallest absolute Gasteiger partial charge is 0.250 e. The minimum Gasteiger partial charge on any atom is -0.381 e. The van der Waals surface area contributed by atoms with Crippen molar-refractivity contribution in [2.24, 2.45) is 11.7 Å². The topological polar surface area (TPSA) is 119 Å². The number of hydrogen-bond donors (Lipinski definition) is 2. The summed E-state index contributed by atoms with van der Waals surface area (Å²) in [7, 11) is 0. The Morgan fingerprint density at radius 3 is 2.58 bits per heavy atom. The average Bonchev–Trinajstić information content (AvgIpc) is 3.38. The Labute approximate surface area is 230 Å². The van der Waals surface area contributed by atoms with Crippen molar-refractivity contribution in [3.05, 3.63) is 72.3 Å². The SMILES string of the molecule is NC(=O)c1cn(-c2nc(Nc3cccc(N4CCN(C(=O)C5CCOCC5)CC4)c3)ncc2F)c2ccccc12. The lowest BCUT2D eigenvalue weighted by Crippen LogP contribution is -2.51. The molecule has 0 radical (unpaired) electrons. The molecular formula is C29H30FN7O3. The van der Waals surface area contributed by atoms with E-state index in [9.17, 15) is 14.0 Å². The van der Waals surface area contributed by atoms with Crippen LogP contribution in [0.25, 0.3) is 16.7 Å². The third kappa shape index (κ3) is 5.07. The number of para-hydroxylation sites is 1. The van der Waals surface area contributed by atoms with Gasteiger partial charge in [-0.3, -0.25) is 14.2 Å². The van der Waals surface area contributed by atoms with Crippen molar-refractivity contribution in [3.63, 3.8) is 0 Å². The van der Waals surface area contributed by atoms with E-state index in [2.05, 4.69) is 20.2 Å². The predicted molar refractivity (Wildman–Crippen MR) is 149 cm³/mol. The highest BCUT2D eigenvalue weighted by Gasteiger charge is 2.29. The number of nitrogens with two attached hydrogens (primary N) is 1. The van der Waals surface area contributed by atoms with E-state index in [1.165, 1.54) is 10.8 Å². The van der Waals surface area contributed by atoms with Gasteiger partial charge in [0.05, 0.1) is 17.3 Å². The quantitative estimate of drug-likeness (QED) is 0.382. The van der Waals surface area contributed by atoms with E-state index < -0.39 is 11.7 Å². The fourth-order valence-corrected chi connectivity index (χ4v) is 5.44. The summed E-state index contributed by atoms with van der Waals surface area (Å²) in [6, 6.07) is 15.0. The first-order valence-corrected chi connectivity index (χ1v) is 13.4. The molecule has 4 aromatic rings. The molecule has 40 heavy (non-hydrogen) atoms. The first kappa shape index (κ1) is 25.8. The van der Waals surface area contributed by atoms with Crippen molar-refractivity contribution >= 4 is 40.0 Å². The second-order valence-corrected chi connectivity index (χ2v) is 10.0. The van der Waals surface area contributed by atoms with E-state index >= 15 is 0 Å². The van der Waals surface area contributed by atoms with Gasteiger partial charge >= 0.3 is 0 Å². The number of carbonyl (C=O) groups is 2. The number of amides is 2. The van der Waals surface area contributed by atoms with Crippen molar-refractivity contribution in [3.8, 4) is 5.82 Å². The van der Waals surface area contributed by atoms with Crippen LogP contribution in [0.3, 0.4) is 0 Å². The summed E-state index contributed by atoms with van der Waals surface area (Å²) >= 11 is 0. The number of aromatic nitrogens is 3. The van der Waals surface area contributed by atoms with Gasteiger partial charge in [0, 0.05) is 68.3 Å². The van der Waals surface area contributed by atoms with Crippen LogP contribution in [-0.4, -0.2) is 70.6 Å². The minimum absolute atomic E-state index is 0.00247. The minimum atomic E-state index is -0.635. The van der Waals surface area contributed by atoms with Gasteiger partial charge in [0.2, 0.25) is 11.9 Å². The standard InChI is InChI=1S/C29H30FN7O3/c30-24-17-32-29(34-27(24)37-18-23(26(31)38)22-6-1-2-7-25(22)37)33-20-4-3-5-21(16-20)35-10-12-36(13-11-35)28(39)19-8-14-40-15-9-19/h1-7,16-19H,8-15H2,(H2,31,38)(H,32,33,34). The van der Waals surface area contributed by atoms with Crippen molar-refractivity contribution < 1.29 is 18.7 Å². The Morgan fingerprint density at radius 1 is 1.02 bits per heavy atom. The molecule has 0 aliphatic carbocycles. The van der Waals surface area contributed by atoms with E-state index in [0.717, 1.165) is 43.5 Å². The first-order chi connectivity index (χ1) is 19.5. The molecule has 0 spiro atoms. The van der Waals surface area contributed by atoms with Crippen molar-refractivity contribution in [2.75, 3.05) is 49.6 Å². The zero-order chi connectivity index (χ0) is 27.6. The zero-order valence-electron chi connectivity index (χ0n) is 21.9. The molecule has 0 bridgehead atoms. The van der Waals surface area contributed by atoms with Crippen LogP contribution in [0.15, 0.2) is 60.9 Å². The van der Waals surface area contributed by atoms with Crippen LogP contribution in [-0.2, 0) is 9.53 Å². The Kier molecular flexibility index (Phi) is 7.04. The van der Waals surface area contributed by atoms with Crippen LogP contribution in [0.4, 0.5) is 21.7 Å². The highest BCUT2D eigenvalue weighted by atomic mass is 19.1. The Hall–Kier alpha value is -4.51. The van der Waals surface area contributed by atoms with Gasteiger partial charge in [-0.25, -0.2) is 9.37 Å². The maximum atomic E-state index is 14.9. The number of piperazine rings is 1. The number of carbonyl (C=O) groups excluding carboxylic acids is 2. The summed E-state index contributed by atoms with van der Waals surface area (Å²) in [5.74, 6) is -0.722. The molecule has 206 valence electrons. The maximum Gasteiger partial charge on any atom is 0.250 e. The Balaban J connectivity index is 1.18. The molecule has 2 aliphatic heterocycles. The van der Waals surface area contributed by atoms with Gasteiger partial charge in [0.25, 0.3) is 5.91 Å².